The summed E-state index contributed by atoms with van der Waals surface area (Å²) in [6, 6.07) is 26.2. The molecule has 2 aliphatic rings. The van der Waals surface area contributed by atoms with Crippen LogP contribution in [0.5, 0.6) is 0 Å². The van der Waals surface area contributed by atoms with E-state index in [0.29, 0.717) is 41.4 Å². The Bertz CT molecular complexity index is 1250. The van der Waals surface area contributed by atoms with Crippen LogP contribution in [0.1, 0.15) is 116 Å². The van der Waals surface area contributed by atoms with Gasteiger partial charge in [0.15, 0.2) is 0 Å². The zero-order valence-corrected chi connectivity index (χ0v) is 24.8. The molecule has 0 spiro atoms. The van der Waals surface area contributed by atoms with Crippen LogP contribution in [0.3, 0.4) is 0 Å². The zero-order chi connectivity index (χ0) is 27.0. The molecule has 38 heavy (non-hydrogen) atoms. The summed E-state index contributed by atoms with van der Waals surface area (Å²) in [5.41, 5.74) is 12.1. The summed E-state index contributed by atoms with van der Waals surface area (Å²) < 4.78 is 0. The van der Waals surface area contributed by atoms with Crippen molar-refractivity contribution in [2.75, 3.05) is 0 Å². The van der Waals surface area contributed by atoms with E-state index in [9.17, 15) is 0 Å². The first-order chi connectivity index (χ1) is 18.2. The number of allylic oxidation sites excluding steroid dienone is 2. The molecule has 5 unspecified atom stereocenters. The lowest BCUT2D eigenvalue weighted by molar-refractivity contribution is 0.309. The molecule has 0 N–H and O–H groups in total. The molecule has 3 aromatic rings. The smallest absolute Gasteiger partial charge is 0.00274 e. The number of fused-ring (bicyclic) bond motifs is 1. The lowest BCUT2D eigenvalue weighted by atomic mass is 9.68. The molecular formula is C38H48. The Morgan fingerprint density at radius 2 is 1.37 bits per heavy atom. The van der Waals surface area contributed by atoms with Gasteiger partial charge >= 0.3 is 0 Å². The molecule has 0 heteroatoms. The first kappa shape index (κ1) is 27.0. The molecule has 0 nitrogen and oxygen atoms in total. The average molecular weight is 505 g/mol. The third kappa shape index (κ3) is 5.42. The molecule has 200 valence electrons. The predicted molar refractivity (Wildman–Crippen MR) is 164 cm³/mol. The molecular weight excluding hydrogens is 456 g/mol. The second-order valence-corrected chi connectivity index (χ2v) is 13.1. The number of hydrogen-bond acceptors (Lipinski definition) is 0. The summed E-state index contributed by atoms with van der Waals surface area (Å²) >= 11 is 0. The Hall–Kier alpha value is -2.60. The lowest BCUT2D eigenvalue weighted by Crippen LogP contribution is -2.25. The normalized spacial score (nSPS) is 24.0. The van der Waals surface area contributed by atoms with Crippen molar-refractivity contribution in [3.63, 3.8) is 0 Å². The first-order valence-electron chi connectivity index (χ1n) is 15.2. The van der Waals surface area contributed by atoms with Gasteiger partial charge in [0.25, 0.3) is 0 Å². The second kappa shape index (κ2) is 11.3. The topological polar surface area (TPSA) is 0 Å². The molecule has 0 saturated heterocycles. The van der Waals surface area contributed by atoms with E-state index in [1.807, 2.05) is 0 Å². The van der Waals surface area contributed by atoms with Gasteiger partial charge in [-0.05, 0) is 102 Å². The van der Waals surface area contributed by atoms with Crippen molar-refractivity contribution in [2.24, 2.45) is 17.8 Å². The van der Waals surface area contributed by atoms with Crippen LogP contribution in [0, 0.1) is 31.6 Å². The third-order valence-corrected chi connectivity index (χ3v) is 9.73. The maximum Gasteiger partial charge on any atom is -0.00274 e. The standard InChI is InChI=1S/C38H48/c1-24(2)31-19-20-33(35(22-31)25(3)4)28(7)36-23-37-32(21-29-15-11-26(5)12-16-29)9-8-10-34(37)38(36)30-17-13-27(6)14-18-30/h11-20,22-25,28,32,34,36,38H,8-10,21H2,1-7H3. The molecule has 3 aromatic carbocycles. The molecule has 1 fully saturated rings. The maximum absolute atomic E-state index is 2.78. The van der Waals surface area contributed by atoms with E-state index >= 15 is 0 Å². The molecule has 0 radical (unpaired) electrons. The lowest BCUT2D eigenvalue weighted by Gasteiger charge is -2.36. The average Bonchev–Trinajstić information content (AvgIpc) is 3.30. The summed E-state index contributed by atoms with van der Waals surface area (Å²) in [6.07, 6.45) is 7.98. The molecule has 0 bridgehead atoms. The monoisotopic (exact) mass is 504 g/mol. The highest BCUT2D eigenvalue weighted by atomic mass is 14.5. The predicted octanol–water partition coefficient (Wildman–Crippen LogP) is 10.7. The van der Waals surface area contributed by atoms with E-state index < -0.39 is 0 Å². The highest BCUT2D eigenvalue weighted by Gasteiger charge is 2.44. The van der Waals surface area contributed by atoms with Gasteiger partial charge < -0.3 is 0 Å². The second-order valence-electron chi connectivity index (χ2n) is 13.1. The molecule has 0 aromatic heterocycles. The fraction of sp³-hybridized carbons (Fsp3) is 0.474. The van der Waals surface area contributed by atoms with Gasteiger partial charge in [0.1, 0.15) is 0 Å². The van der Waals surface area contributed by atoms with Crippen LogP contribution < -0.4 is 0 Å². The van der Waals surface area contributed by atoms with E-state index in [4.69, 9.17) is 0 Å². The minimum atomic E-state index is 0.498. The Balaban J connectivity index is 1.55. The van der Waals surface area contributed by atoms with Gasteiger partial charge in [0.05, 0.1) is 0 Å². The third-order valence-electron chi connectivity index (χ3n) is 9.73. The Kier molecular flexibility index (Phi) is 7.99. The van der Waals surface area contributed by atoms with Crippen LogP contribution >= 0.6 is 0 Å². The van der Waals surface area contributed by atoms with Crippen molar-refractivity contribution in [3.8, 4) is 0 Å². The first-order valence-corrected chi connectivity index (χ1v) is 15.2. The van der Waals surface area contributed by atoms with Gasteiger partial charge in [-0.15, -0.1) is 0 Å². The molecule has 5 atom stereocenters. The number of benzene rings is 3. The van der Waals surface area contributed by atoms with Crippen molar-refractivity contribution >= 4 is 0 Å². The van der Waals surface area contributed by atoms with Crippen LogP contribution in [-0.4, -0.2) is 0 Å². The van der Waals surface area contributed by atoms with Gasteiger partial charge in [0.2, 0.25) is 0 Å². The van der Waals surface area contributed by atoms with Crippen molar-refractivity contribution in [3.05, 3.63) is 117 Å². The van der Waals surface area contributed by atoms with E-state index in [2.05, 4.69) is 121 Å². The Morgan fingerprint density at radius 3 is 2.00 bits per heavy atom. The Morgan fingerprint density at radius 1 is 0.711 bits per heavy atom. The van der Waals surface area contributed by atoms with Crippen molar-refractivity contribution in [1.29, 1.82) is 0 Å². The highest BCUT2D eigenvalue weighted by molar-refractivity contribution is 5.43. The van der Waals surface area contributed by atoms with Gasteiger partial charge in [-0.2, -0.15) is 0 Å². The fourth-order valence-electron chi connectivity index (χ4n) is 7.46. The summed E-state index contributed by atoms with van der Waals surface area (Å²) in [6.45, 7) is 16.3. The van der Waals surface area contributed by atoms with Crippen molar-refractivity contribution in [1.82, 2.24) is 0 Å². The number of hydrogen-bond donors (Lipinski definition) is 0. The Labute approximate surface area is 232 Å². The molecule has 0 amide bonds. The maximum atomic E-state index is 2.78. The fourth-order valence-corrected chi connectivity index (χ4v) is 7.46. The van der Waals surface area contributed by atoms with Crippen LogP contribution in [0.25, 0.3) is 0 Å². The van der Waals surface area contributed by atoms with Crippen molar-refractivity contribution in [2.45, 2.75) is 97.8 Å². The van der Waals surface area contributed by atoms with E-state index in [-0.39, 0.29) is 0 Å². The largest absolute Gasteiger partial charge is 0.0804 e. The molecule has 0 aliphatic heterocycles. The highest BCUT2D eigenvalue weighted by Crippen LogP contribution is 2.56. The number of rotatable bonds is 7. The van der Waals surface area contributed by atoms with Crippen LogP contribution in [0.2, 0.25) is 0 Å². The van der Waals surface area contributed by atoms with Crippen LogP contribution in [-0.2, 0) is 6.42 Å². The van der Waals surface area contributed by atoms with Crippen LogP contribution in [0.15, 0.2) is 78.4 Å². The quantitative estimate of drug-likeness (QED) is 0.281. The molecule has 0 heterocycles. The van der Waals surface area contributed by atoms with Crippen molar-refractivity contribution < 1.29 is 0 Å². The van der Waals surface area contributed by atoms with Crippen LogP contribution in [0.4, 0.5) is 0 Å². The minimum absolute atomic E-state index is 0.498. The number of aryl methyl sites for hydroxylation is 2. The summed E-state index contributed by atoms with van der Waals surface area (Å²) in [5.74, 6) is 4.06. The zero-order valence-electron chi connectivity index (χ0n) is 24.8. The molecule has 5 rings (SSSR count). The summed E-state index contributed by atoms with van der Waals surface area (Å²) in [5, 5.41) is 0. The molecule has 2 aliphatic carbocycles. The molecule has 1 saturated carbocycles. The van der Waals surface area contributed by atoms with E-state index in [1.165, 1.54) is 47.9 Å². The van der Waals surface area contributed by atoms with Gasteiger partial charge in [-0.3, -0.25) is 0 Å². The summed E-state index contributed by atoms with van der Waals surface area (Å²) in [7, 11) is 0. The van der Waals surface area contributed by atoms with Gasteiger partial charge in [0, 0.05) is 0 Å². The van der Waals surface area contributed by atoms with E-state index in [0.717, 1.165) is 0 Å². The summed E-state index contributed by atoms with van der Waals surface area (Å²) in [4.78, 5) is 0. The van der Waals surface area contributed by atoms with Gasteiger partial charge in [-0.25, -0.2) is 0 Å². The minimum Gasteiger partial charge on any atom is -0.0804 e. The SMILES string of the molecule is Cc1ccc(CC2CCCC3C2=CC(C(C)c2ccc(C(C)C)cc2C(C)C)C3c2ccc(C)cc2)cc1. The van der Waals surface area contributed by atoms with E-state index in [1.54, 1.807) is 22.3 Å². The van der Waals surface area contributed by atoms with Gasteiger partial charge in [-0.1, -0.05) is 131 Å².